The summed E-state index contributed by atoms with van der Waals surface area (Å²) in [7, 11) is 0. The van der Waals surface area contributed by atoms with Crippen molar-refractivity contribution in [3.8, 4) is 11.8 Å². The molecule has 0 saturated heterocycles. The van der Waals surface area contributed by atoms with Gasteiger partial charge in [0.2, 0.25) is 0 Å². The Morgan fingerprint density at radius 2 is 1.92 bits per heavy atom. The highest BCUT2D eigenvalue weighted by atomic mass is 16.5. The van der Waals surface area contributed by atoms with E-state index in [4.69, 9.17) is 10.00 Å². The molecule has 0 atom stereocenters. The van der Waals surface area contributed by atoms with Crippen LogP contribution in [0.25, 0.3) is 0 Å². The molecule has 0 unspecified atom stereocenters. The third-order valence-electron chi connectivity index (χ3n) is 3.73. The van der Waals surface area contributed by atoms with E-state index in [1.165, 1.54) is 0 Å². The van der Waals surface area contributed by atoms with Crippen LogP contribution >= 0.6 is 0 Å². The van der Waals surface area contributed by atoms with Gasteiger partial charge in [0, 0.05) is 24.5 Å². The number of nitriles is 1. The summed E-state index contributed by atoms with van der Waals surface area (Å²) in [6, 6.07) is 20.1. The van der Waals surface area contributed by atoms with Crippen LogP contribution in [-0.2, 0) is 13.2 Å². The Hall–Kier alpha value is -3.65. The summed E-state index contributed by atoms with van der Waals surface area (Å²) >= 11 is 0. The monoisotopic (exact) mass is 343 g/mol. The predicted molar refractivity (Wildman–Crippen MR) is 97.3 cm³/mol. The molecule has 1 aromatic heterocycles. The van der Waals surface area contributed by atoms with E-state index in [-0.39, 0.29) is 5.91 Å². The van der Waals surface area contributed by atoms with E-state index in [0.717, 1.165) is 11.1 Å². The van der Waals surface area contributed by atoms with Crippen molar-refractivity contribution >= 4 is 5.91 Å². The number of pyridine rings is 1. The zero-order valence-corrected chi connectivity index (χ0v) is 14.1. The standard InChI is InChI=1S/C21H17N3O2/c22-12-16-4-2-8-20(11-16)26-15-17-5-1-7-19(10-17)21(25)24-14-18-6-3-9-23-13-18/h1-11,13H,14-15H2,(H,24,25). The van der Waals surface area contributed by atoms with E-state index in [0.29, 0.717) is 30.0 Å². The number of nitrogens with zero attached hydrogens (tertiary/aromatic N) is 2. The van der Waals surface area contributed by atoms with Gasteiger partial charge in [-0.15, -0.1) is 0 Å². The molecule has 3 aromatic rings. The number of amides is 1. The first-order valence-electron chi connectivity index (χ1n) is 8.13. The fourth-order valence-corrected chi connectivity index (χ4v) is 2.41. The Labute approximate surface area is 151 Å². The largest absolute Gasteiger partial charge is 0.489 e. The normalized spacial score (nSPS) is 9.96. The van der Waals surface area contributed by atoms with Crippen molar-refractivity contribution in [1.29, 1.82) is 5.26 Å². The molecule has 0 fully saturated rings. The van der Waals surface area contributed by atoms with Crippen LogP contribution in [0.3, 0.4) is 0 Å². The van der Waals surface area contributed by atoms with E-state index in [2.05, 4.69) is 16.4 Å². The molecule has 5 heteroatoms. The molecule has 0 aliphatic heterocycles. The average molecular weight is 343 g/mol. The van der Waals surface area contributed by atoms with Crippen LogP contribution in [0.2, 0.25) is 0 Å². The minimum atomic E-state index is -0.151. The quantitative estimate of drug-likeness (QED) is 0.744. The molecule has 0 aliphatic rings. The average Bonchev–Trinajstić information content (AvgIpc) is 2.71. The van der Waals surface area contributed by atoms with Crippen molar-refractivity contribution in [3.05, 3.63) is 95.3 Å². The van der Waals surface area contributed by atoms with Crippen molar-refractivity contribution in [1.82, 2.24) is 10.3 Å². The second kappa shape index (κ2) is 8.45. The molecule has 0 saturated carbocycles. The lowest BCUT2D eigenvalue weighted by Crippen LogP contribution is -2.23. The molecule has 5 nitrogen and oxygen atoms in total. The highest BCUT2D eigenvalue weighted by molar-refractivity contribution is 5.94. The van der Waals surface area contributed by atoms with Gasteiger partial charge in [-0.3, -0.25) is 9.78 Å². The predicted octanol–water partition coefficient (Wildman–Crippen LogP) is 3.46. The summed E-state index contributed by atoms with van der Waals surface area (Å²) in [6.45, 7) is 0.743. The van der Waals surface area contributed by atoms with Crippen molar-refractivity contribution in [3.63, 3.8) is 0 Å². The summed E-state index contributed by atoms with van der Waals surface area (Å²) < 4.78 is 5.71. The van der Waals surface area contributed by atoms with E-state index >= 15 is 0 Å². The zero-order valence-electron chi connectivity index (χ0n) is 14.1. The highest BCUT2D eigenvalue weighted by Crippen LogP contribution is 2.15. The summed E-state index contributed by atoms with van der Waals surface area (Å²) in [5, 5.41) is 11.8. The van der Waals surface area contributed by atoms with Crippen LogP contribution in [-0.4, -0.2) is 10.9 Å². The molecule has 0 bridgehead atoms. The molecule has 0 spiro atoms. The number of aromatic nitrogens is 1. The Bertz CT molecular complexity index is 933. The van der Waals surface area contributed by atoms with Crippen LogP contribution in [0.4, 0.5) is 0 Å². The fourth-order valence-electron chi connectivity index (χ4n) is 2.41. The van der Waals surface area contributed by atoms with E-state index in [1.54, 1.807) is 48.8 Å². The molecule has 128 valence electrons. The maximum atomic E-state index is 12.3. The van der Waals surface area contributed by atoms with Crippen molar-refractivity contribution in [2.45, 2.75) is 13.2 Å². The number of rotatable bonds is 6. The third-order valence-corrected chi connectivity index (χ3v) is 3.73. The van der Waals surface area contributed by atoms with Gasteiger partial charge in [-0.25, -0.2) is 0 Å². The Morgan fingerprint density at radius 1 is 1.08 bits per heavy atom. The lowest BCUT2D eigenvalue weighted by atomic mass is 10.1. The minimum Gasteiger partial charge on any atom is -0.489 e. The van der Waals surface area contributed by atoms with Gasteiger partial charge >= 0.3 is 0 Å². The Kier molecular flexibility index (Phi) is 5.58. The highest BCUT2D eigenvalue weighted by Gasteiger charge is 2.07. The Morgan fingerprint density at radius 3 is 2.73 bits per heavy atom. The van der Waals surface area contributed by atoms with Gasteiger partial charge in [-0.05, 0) is 47.5 Å². The van der Waals surface area contributed by atoms with Gasteiger partial charge in [0.1, 0.15) is 12.4 Å². The Balaban J connectivity index is 1.60. The molecule has 0 aliphatic carbocycles. The molecule has 26 heavy (non-hydrogen) atoms. The first-order chi connectivity index (χ1) is 12.7. The molecule has 0 radical (unpaired) electrons. The van der Waals surface area contributed by atoms with E-state index in [1.807, 2.05) is 24.3 Å². The van der Waals surface area contributed by atoms with Gasteiger partial charge in [0.05, 0.1) is 11.6 Å². The van der Waals surface area contributed by atoms with Crippen LogP contribution in [0.15, 0.2) is 73.1 Å². The van der Waals surface area contributed by atoms with Gasteiger partial charge in [0.15, 0.2) is 0 Å². The van der Waals surface area contributed by atoms with Gasteiger partial charge in [-0.2, -0.15) is 5.26 Å². The first-order valence-corrected chi connectivity index (χ1v) is 8.13. The summed E-state index contributed by atoms with van der Waals surface area (Å²) in [6.07, 6.45) is 3.42. The van der Waals surface area contributed by atoms with Crippen molar-refractivity contribution in [2.75, 3.05) is 0 Å². The van der Waals surface area contributed by atoms with Crippen LogP contribution in [0.1, 0.15) is 27.0 Å². The summed E-state index contributed by atoms with van der Waals surface area (Å²) in [5.74, 6) is 0.470. The topological polar surface area (TPSA) is 75.0 Å². The second-order valence-electron chi connectivity index (χ2n) is 5.67. The second-order valence-corrected chi connectivity index (χ2v) is 5.67. The molecular weight excluding hydrogens is 326 g/mol. The number of hydrogen-bond donors (Lipinski definition) is 1. The molecule has 1 amide bonds. The maximum absolute atomic E-state index is 12.3. The number of nitrogens with one attached hydrogen (secondary N) is 1. The molecule has 1 N–H and O–H groups in total. The third kappa shape index (κ3) is 4.68. The molecule has 2 aromatic carbocycles. The SMILES string of the molecule is N#Cc1cccc(OCc2cccc(C(=O)NCc3cccnc3)c2)c1. The van der Waals surface area contributed by atoms with Gasteiger partial charge < -0.3 is 10.1 Å². The van der Waals surface area contributed by atoms with Crippen molar-refractivity contribution < 1.29 is 9.53 Å². The number of benzene rings is 2. The van der Waals surface area contributed by atoms with Crippen LogP contribution in [0.5, 0.6) is 5.75 Å². The van der Waals surface area contributed by atoms with Gasteiger partial charge in [0.25, 0.3) is 5.91 Å². The first kappa shape index (κ1) is 17.2. The molecular formula is C21H17N3O2. The van der Waals surface area contributed by atoms with Crippen LogP contribution in [0, 0.1) is 11.3 Å². The summed E-state index contributed by atoms with van der Waals surface area (Å²) in [5.41, 5.74) is 2.94. The number of carbonyl (C=O) groups excluding carboxylic acids is 1. The lowest BCUT2D eigenvalue weighted by molar-refractivity contribution is 0.0950. The molecule has 1 heterocycles. The van der Waals surface area contributed by atoms with E-state index in [9.17, 15) is 4.79 Å². The van der Waals surface area contributed by atoms with Crippen molar-refractivity contribution in [2.24, 2.45) is 0 Å². The summed E-state index contributed by atoms with van der Waals surface area (Å²) in [4.78, 5) is 16.3. The smallest absolute Gasteiger partial charge is 0.251 e. The number of hydrogen-bond acceptors (Lipinski definition) is 4. The van der Waals surface area contributed by atoms with E-state index < -0.39 is 0 Å². The van der Waals surface area contributed by atoms with Crippen LogP contribution < -0.4 is 10.1 Å². The van der Waals surface area contributed by atoms with Gasteiger partial charge in [-0.1, -0.05) is 24.3 Å². The molecule has 3 rings (SSSR count). The number of carbonyl (C=O) groups is 1. The zero-order chi connectivity index (χ0) is 18.2. The fraction of sp³-hybridized carbons (Fsp3) is 0.0952. The lowest BCUT2D eigenvalue weighted by Gasteiger charge is -2.09. The number of ether oxygens (including phenoxy) is 1. The maximum Gasteiger partial charge on any atom is 0.251 e. The minimum absolute atomic E-state index is 0.151.